The molecule has 3 aromatic carbocycles. The summed E-state index contributed by atoms with van der Waals surface area (Å²) in [6.45, 7) is 6.13. The molecule has 1 atom stereocenters. The molecule has 3 aromatic rings. The predicted octanol–water partition coefficient (Wildman–Crippen LogP) is 5.34. The minimum absolute atomic E-state index is 0.0298. The first-order valence-electron chi connectivity index (χ1n) is 10.1. The summed E-state index contributed by atoms with van der Waals surface area (Å²) >= 11 is 6.17. The molecule has 0 heterocycles. The van der Waals surface area contributed by atoms with Crippen molar-refractivity contribution >= 4 is 33.2 Å². The monoisotopic (exact) mass is 472 g/mol. The molecular weight excluding hydrogens is 448 g/mol. The number of benzene rings is 3. The van der Waals surface area contributed by atoms with Gasteiger partial charge in [-0.2, -0.15) is 0 Å². The second-order valence-corrected chi connectivity index (χ2v) is 9.32. The molecule has 2 N–H and O–H groups in total. The van der Waals surface area contributed by atoms with Gasteiger partial charge in [-0.3, -0.25) is 9.52 Å². The van der Waals surface area contributed by atoms with Crippen molar-refractivity contribution < 1.29 is 17.9 Å². The zero-order chi connectivity index (χ0) is 23.3. The van der Waals surface area contributed by atoms with E-state index in [9.17, 15) is 13.2 Å². The van der Waals surface area contributed by atoms with Crippen molar-refractivity contribution in [3.63, 3.8) is 0 Å². The van der Waals surface area contributed by atoms with Crippen molar-refractivity contribution in [3.8, 4) is 5.75 Å². The first-order valence-corrected chi connectivity index (χ1v) is 12.0. The van der Waals surface area contributed by atoms with Gasteiger partial charge in [0, 0.05) is 5.56 Å². The molecule has 32 heavy (non-hydrogen) atoms. The number of halogens is 1. The minimum atomic E-state index is -3.99. The van der Waals surface area contributed by atoms with Gasteiger partial charge in [0.25, 0.3) is 15.9 Å². The summed E-state index contributed by atoms with van der Waals surface area (Å²) in [5, 5.41) is 2.91. The molecule has 0 bridgehead atoms. The van der Waals surface area contributed by atoms with Crippen molar-refractivity contribution in [1.29, 1.82) is 0 Å². The highest BCUT2D eigenvalue weighted by Crippen LogP contribution is 2.27. The molecule has 8 heteroatoms. The minimum Gasteiger partial charge on any atom is -0.494 e. The van der Waals surface area contributed by atoms with E-state index in [0.717, 1.165) is 16.9 Å². The number of carbonyl (C=O) groups is 1. The van der Waals surface area contributed by atoms with E-state index < -0.39 is 15.9 Å². The van der Waals surface area contributed by atoms with E-state index in [1.54, 1.807) is 25.1 Å². The van der Waals surface area contributed by atoms with Crippen molar-refractivity contribution in [3.05, 3.63) is 88.4 Å². The number of aryl methyl sites for hydroxylation is 1. The van der Waals surface area contributed by atoms with Gasteiger partial charge in [0.15, 0.2) is 0 Å². The molecular formula is C24H25ClN2O4S. The first-order chi connectivity index (χ1) is 15.2. The largest absolute Gasteiger partial charge is 0.494 e. The Bertz CT molecular complexity index is 1210. The van der Waals surface area contributed by atoms with Crippen LogP contribution in [0.4, 0.5) is 5.69 Å². The summed E-state index contributed by atoms with van der Waals surface area (Å²) in [6, 6.07) is 18.3. The Hall–Kier alpha value is -3.03. The summed E-state index contributed by atoms with van der Waals surface area (Å²) in [5.41, 5.74) is 2.30. The molecule has 3 rings (SSSR count). The van der Waals surface area contributed by atoms with Crippen LogP contribution in [0.5, 0.6) is 5.75 Å². The summed E-state index contributed by atoms with van der Waals surface area (Å²) in [5.74, 6) is 0.346. The molecule has 0 aliphatic carbocycles. The quantitative estimate of drug-likeness (QED) is 0.463. The van der Waals surface area contributed by atoms with Gasteiger partial charge < -0.3 is 10.1 Å². The Morgan fingerprint density at radius 1 is 1.06 bits per heavy atom. The molecule has 0 aliphatic heterocycles. The number of rotatable bonds is 8. The SMILES string of the molecule is CCOc1ccc([C@@H](C)NC(=O)c2ccc(Cl)c(S(=O)(=O)Nc3ccccc3C)c2)cc1. The third-order valence-electron chi connectivity index (χ3n) is 4.91. The molecule has 6 nitrogen and oxygen atoms in total. The highest BCUT2D eigenvalue weighted by Gasteiger charge is 2.21. The standard InChI is InChI=1S/C24H25ClN2O4S/c1-4-31-20-12-9-18(10-13-20)17(3)26-24(28)19-11-14-21(25)23(15-19)32(29,30)27-22-8-6-5-7-16(22)2/h5-15,17,27H,4H2,1-3H3,(H,26,28)/t17-/m1/s1. The van der Waals surface area contributed by atoms with Gasteiger partial charge in [-0.1, -0.05) is 41.9 Å². The topological polar surface area (TPSA) is 84.5 Å². The predicted molar refractivity (Wildman–Crippen MR) is 127 cm³/mol. The van der Waals surface area contributed by atoms with Gasteiger partial charge in [-0.15, -0.1) is 0 Å². The number of nitrogens with one attached hydrogen (secondary N) is 2. The van der Waals surface area contributed by atoms with Crippen molar-refractivity contribution in [1.82, 2.24) is 5.32 Å². The van der Waals surface area contributed by atoms with Gasteiger partial charge >= 0.3 is 0 Å². The van der Waals surface area contributed by atoms with Crippen LogP contribution >= 0.6 is 11.6 Å². The van der Waals surface area contributed by atoms with Crippen LogP contribution < -0.4 is 14.8 Å². The van der Waals surface area contributed by atoms with E-state index >= 15 is 0 Å². The Morgan fingerprint density at radius 2 is 1.75 bits per heavy atom. The fourth-order valence-corrected chi connectivity index (χ4v) is 4.78. The maximum absolute atomic E-state index is 12.9. The number of para-hydroxylation sites is 1. The molecule has 0 radical (unpaired) electrons. The second-order valence-electron chi connectivity index (χ2n) is 7.26. The zero-order valence-corrected chi connectivity index (χ0v) is 19.6. The Balaban J connectivity index is 1.79. The second kappa shape index (κ2) is 10.1. The average Bonchev–Trinajstić information content (AvgIpc) is 2.76. The van der Waals surface area contributed by atoms with Crippen LogP contribution in [0.2, 0.25) is 5.02 Å². The number of ether oxygens (including phenoxy) is 1. The van der Waals surface area contributed by atoms with E-state index in [1.807, 2.05) is 44.2 Å². The molecule has 0 saturated heterocycles. The molecule has 0 unspecified atom stereocenters. The number of sulfonamides is 1. The maximum atomic E-state index is 12.9. The number of carbonyl (C=O) groups excluding carboxylic acids is 1. The summed E-state index contributed by atoms with van der Waals surface area (Å²) in [7, 11) is -3.99. The number of amides is 1. The highest BCUT2D eigenvalue weighted by atomic mass is 35.5. The number of hydrogen-bond donors (Lipinski definition) is 2. The number of anilines is 1. The normalized spacial score (nSPS) is 12.1. The van der Waals surface area contributed by atoms with Crippen LogP contribution in [0, 0.1) is 6.92 Å². The highest BCUT2D eigenvalue weighted by molar-refractivity contribution is 7.92. The lowest BCUT2D eigenvalue weighted by atomic mass is 10.1. The van der Waals surface area contributed by atoms with Crippen molar-refractivity contribution in [2.75, 3.05) is 11.3 Å². The Labute approximate surface area is 193 Å². The maximum Gasteiger partial charge on any atom is 0.263 e. The third-order valence-corrected chi connectivity index (χ3v) is 6.76. The van der Waals surface area contributed by atoms with Gasteiger partial charge in [-0.25, -0.2) is 8.42 Å². The van der Waals surface area contributed by atoms with Crippen molar-refractivity contribution in [2.24, 2.45) is 0 Å². The lowest BCUT2D eigenvalue weighted by Gasteiger charge is -2.16. The fourth-order valence-electron chi connectivity index (χ4n) is 3.12. The van der Waals surface area contributed by atoms with Crippen LogP contribution in [-0.2, 0) is 10.0 Å². The van der Waals surface area contributed by atoms with Gasteiger partial charge in [0.05, 0.1) is 23.4 Å². The van der Waals surface area contributed by atoms with Crippen LogP contribution in [0.25, 0.3) is 0 Å². The first kappa shape index (κ1) is 23.6. The van der Waals surface area contributed by atoms with Gasteiger partial charge in [0.2, 0.25) is 0 Å². The number of hydrogen-bond acceptors (Lipinski definition) is 4. The van der Waals surface area contributed by atoms with E-state index in [4.69, 9.17) is 16.3 Å². The molecule has 168 valence electrons. The summed E-state index contributed by atoms with van der Waals surface area (Å²) < 4.78 is 33.8. The van der Waals surface area contributed by atoms with Gasteiger partial charge in [0.1, 0.15) is 10.6 Å². The summed E-state index contributed by atoms with van der Waals surface area (Å²) in [4.78, 5) is 12.6. The molecule has 0 fully saturated rings. The Morgan fingerprint density at radius 3 is 2.41 bits per heavy atom. The average molecular weight is 473 g/mol. The van der Waals surface area contributed by atoms with E-state index in [0.29, 0.717) is 12.3 Å². The fraction of sp³-hybridized carbons (Fsp3) is 0.208. The van der Waals surface area contributed by atoms with Crippen LogP contribution in [0.3, 0.4) is 0 Å². The van der Waals surface area contributed by atoms with Crippen molar-refractivity contribution in [2.45, 2.75) is 31.7 Å². The Kier molecular flexibility index (Phi) is 7.43. The lowest BCUT2D eigenvalue weighted by molar-refractivity contribution is 0.0939. The zero-order valence-electron chi connectivity index (χ0n) is 18.1. The molecule has 0 saturated carbocycles. The van der Waals surface area contributed by atoms with Crippen LogP contribution in [0.15, 0.2) is 71.6 Å². The van der Waals surface area contributed by atoms with Crippen LogP contribution in [0.1, 0.15) is 41.4 Å². The summed E-state index contributed by atoms with van der Waals surface area (Å²) in [6.07, 6.45) is 0. The van der Waals surface area contributed by atoms with E-state index in [-0.39, 0.29) is 21.5 Å². The smallest absolute Gasteiger partial charge is 0.263 e. The third kappa shape index (κ3) is 5.60. The molecule has 1 amide bonds. The van der Waals surface area contributed by atoms with E-state index in [2.05, 4.69) is 10.0 Å². The molecule has 0 aromatic heterocycles. The lowest BCUT2D eigenvalue weighted by Crippen LogP contribution is -2.27. The van der Waals surface area contributed by atoms with Gasteiger partial charge in [-0.05, 0) is 68.3 Å². The van der Waals surface area contributed by atoms with E-state index in [1.165, 1.54) is 18.2 Å². The molecule has 0 aliphatic rings. The molecule has 0 spiro atoms. The van der Waals surface area contributed by atoms with Crippen LogP contribution in [-0.4, -0.2) is 20.9 Å².